The number of benzene rings is 1. The zero-order valence-electron chi connectivity index (χ0n) is 8.77. The molecule has 1 aromatic rings. The van der Waals surface area contributed by atoms with Crippen molar-refractivity contribution in [1.29, 1.82) is 0 Å². The Labute approximate surface area is 102 Å². The summed E-state index contributed by atoms with van der Waals surface area (Å²) < 4.78 is 5.52. The first-order valence-electron chi connectivity index (χ1n) is 4.78. The van der Waals surface area contributed by atoms with E-state index in [1.807, 2.05) is 24.3 Å². The number of hydrogen-bond acceptors (Lipinski definition) is 3. The van der Waals surface area contributed by atoms with Gasteiger partial charge in [-0.2, -0.15) is 0 Å². The minimum Gasteiger partial charge on any atom is -0.460 e. The molecule has 0 radical (unpaired) electrons. The molecule has 84 valence electrons. The van der Waals surface area contributed by atoms with Gasteiger partial charge in [0.2, 0.25) is 0 Å². The van der Waals surface area contributed by atoms with Gasteiger partial charge in [0.05, 0.1) is 6.61 Å². The molecule has 0 aliphatic carbocycles. The minimum atomic E-state index is -0.823. The van der Waals surface area contributed by atoms with Gasteiger partial charge in [-0.1, -0.05) is 34.1 Å². The van der Waals surface area contributed by atoms with Gasteiger partial charge in [0.1, 0.15) is 0 Å². The van der Waals surface area contributed by atoms with Gasteiger partial charge < -0.3 is 4.74 Å². The molecule has 0 amide bonds. The van der Waals surface area contributed by atoms with Crippen molar-refractivity contribution in [2.45, 2.75) is 6.92 Å². The number of ether oxygens (including phenoxy) is 1. The van der Waals surface area contributed by atoms with E-state index in [1.54, 1.807) is 13.0 Å². The van der Waals surface area contributed by atoms with Crippen molar-refractivity contribution in [3.05, 3.63) is 40.4 Å². The summed E-state index contributed by atoms with van der Waals surface area (Å²) in [4.78, 5) is 22.2. The molecule has 3 nitrogen and oxygen atoms in total. The van der Waals surface area contributed by atoms with Gasteiger partial charge in [-0.25, -0.2) is 4.79 Å². The zero-order valence-corrected chi connectivity index (χ0v) is 10.4. The first-order chi connectivity index (χ1) is 7.63. The van der Waals surface area contributed by atoms with Crippen LogP contribution >= 0.6 is 15.9 Å². The molecular weight excluding hydrogens is 272 g/mol. The average Bonchev–Trinajstić information content (AvgIpc) is 2.28. The van der Waals surface area contributed by atoms with E-state index >= 15 is 0 Å². The fraction of sp³-hybridized carbons (Fsp3) is 0.167. The maximum atomic E-state index is 11.2. The molecule has 1 aromatic carbocycles. The summed E-state index contributed by atoms with van der Waals surface area (Å²) in [6, 6.07) is 7.38. The number of ketones is 1. The fourth-order valence-electron chi connectivity index (χ4n) is 1.02. The molecule has 0 N–H and O–H groups in total. The molecule has 0 atom stereocenters. The highest BCUT2D eigenvalue weighted by atomic mass is 79.9. The summed E-state index contributed by atoms with van der Waals surface area (Å²) in [5.41, 5.74) is 0.848. The molecular formula is C12H11BrO3. The van der Waals surface area contributed by atoms with Gasteiger partial charge >= 0.3 is 5.97 Å². The number of esters is 1. The Balaban J connectivity index is 2.63. The topological polar surface area (TPSA) is 43.4 Å². The van der Waals surface area contributed by atoms with Crippen LogP contribution in [0.5, 0.6) is 0 Å². The fourth-order valence-corrected chi connectivity index (χ4v) is 1.28. The Hall–Kier alpha value is -1.42. The van der Waals surface area contributed by atoms with E-state index in [0.717, 1.165) is 10.0 Å². The highest BCUT2D eigenvalue weighted by molar-refractivity contribution is 9.10. The highest BCUT2D eigenvalue weighted by Crippen LogP contribution is 2.11. The third kappa shape index (κ3) is 3.98. The Morgan fingerprint density at radius 3 is 2.50 bits per heavy atom. The molecule has 0 fully saturated rings. The highest BCUT2D eigenvalue weighted by Gasteiger charge is 2.09. The van der Waals surface area contributed by atoms with Gasteiger partial charge in [-0.15, -0.1) is 0 Å². The van der Waals surface area contributed by atoms with Crippen molar-refractivity contribution >= 4 is 33.8 Å². The smallest absolute Gasteiger partial charge is 0.379 e. The van der Waals surface area contributed by atoms with Gasteiger partial charge in [0, 0.05) is 4.47 Å². The second-order valence-corrected chi connectivity index (χ2v) is 3.89. The summed E-state index contributed by atoms with van der Waals surface area (Å²) in [6.07, 6.45) is 2.78. The minimum absolute atomic E-state index is 0.205. The van der Waals surface area contributed by atoms with Crippen LogP contribution in [-0.2, 0) is 14.3 Å². The second kappa shape index (κ2) is 6.23. The van der Waals surface area contributed by atoms with Crippen LogP contribution in [0.1, 0.15) is 12.5 Å². The van der Waals surface area contributed by atoms with Crippen LogP contribution in [0.15, 0.2) is 34.8 Å². The van der Waals surface area contributed by atoms with Crippen molar-refractivity contribution in [1.82, 2.24) is 0 Å². The molecule has 0 aromatic heterocycles. The molecule has 0 heterocycles. The van der Waals surface area contributed by atoms with Crippen LogP contribution in [0.4, 0.5) is 0 Å². The lowest BCUT2D eigenvalue weighted by Gasteiger charge is -1.96. The number of carbonyl (C=O) groups is 2. The molecule has 16 heavy (non-hydrogen) atoms. The maximum Gasteiger partial charge on any atom is 0.379 e. The molecule has 4 heteroatoms. The molecule has 0 aliphatic heterocycles. The molecule has 0 aliphatic rings. The lowest BCUT2D eigenvalue weighted by Crippen LogP contribution is -2.14. The third-order valence-corrected chi connectivity index (χ3v) is 2.30. The molecule has 0 saturated carbocycles. The van der Waals surface area contributed by atoms with E-state index in [1.165, 1.54) is 6.08 Å². The molecule has 0 saturated heterocycles. The van der Waals surface area contributed by atoms with Crippen molar-refractivity contribution < 1.29 is 14.3 Å². The molecule has 0 bridgehead atoms. The van der Waals surface area contributed by atoms with Crippen molar-refractivity contribution in [3.8, 4) is 0 Å². The summed E-state index contributed by atoms with van der Waals surface area (Å²) in [5, 5.41) is 0. The zero-order chi connectivity index (χ0) is 12.0. The first kappa shape index (κ1) is 12.6. The van der Waals surface area contributed by atoms with Crippen LogP contribution in [0.25, 0.3) is 6.08 Å². The summed E-state index contributed by atoms with van der Waals surface area (Å²) in [6.45, 7) is 1.86. The number of carbonyl (C=O) groups excluding carboxylic acids is 2. The van der Waals surface area contributed by atoms with Gasteiger partial charge in [-0.3, -0.25) is 4.79 Å². The Kier molecular flexibility index (Phi) is 4.92. The first-order valence-corrected chi connectivity index (χ1v) is 5.57. The molecule has 0 spiro atoms. The van der Waals surface area contributed by atoms with E-state index < -0.39 is 11.8 Å². The molecule has 0 unspecified atom stereocenters. The lowest BCUT2D eigenvalue weighted by molar-refractivity contribution is -0.151. The van der Waals surface area contributed by atoms with Crippen molar-refractivity contribution in [3.63, 3.8) is 0 Å². The normalized spacial score (nSPS) is 10.4. The monoisotopic (exact) mass is 282 g/mol. The number of hydrogen-bond donors (Lipinski definition) is 0. The number of rotatable bonds is 4. The van der Waals surface area contributed by atoms with Gasteiger partial charge in [0.25, 0.3) is 5.78 Å². The summed E-state index contributed by atoms with van der Waals surface area (Å²) >= 11 is 3.30. The third-order valence-electron chi connectivity index (χ3n) is 1.77. The van der Waals surface area contributed by atoms with Crippen LogP contribution in [0.2, 0.25) is 0 Å². The Bertz CT molecular complexity index is 407. The lowest BCUT2D eigenvalue weighted by atomic mass is 10.2. The van der Waals surface area contributed by atoms with Gasteiger partial charge in [0.15, 0.2) is 0 Å². The van der Waals surface area contributed by atoms with Crippen LogP contribution in [0.3, 0.4) is 0 Å². The van der Waals surface area contributed by atoms with Crippen molar-refractivity contribution in [2.24, 2.45) is 0 Å². The van der Waals surface area contributed by atoms with Crippen LogP contribution < -0.4 is 0 Å². The SMILES string of the molecule is CCOC(=O)C(=O)C=Cc1ccc(Br)cc1. The Morgan fingerprint density at radius 2 is 1.94 bits per heavy atom. The van der Waals surface area contributed by atoms with Crippen LogP contribution in [-0.4, -0.2) is 18.4 Å². The standard InChI is InChI=1S/C12H11BrO3/c1-2-16-12(15)11(14)8-5-9-3-6-10(13)7-4-9/h3-8H,2H2,1H3. The van der Waals surface area contributed by atoms with E-state index in [9.17, 15) is 9.59 Å². The predicted molar refractivity (Wildman–Crippen MR) is 64.8 cm³/mol. The van der Waals surface area contributed by atoms with Crippen molar-refractivity contribution in [2.75, 3.05) is 6.61 Å². The maximum absolute atomic E-state index is 11.2. The predicted octanol–water partition coefficient (Wildman–Crippen LogP) is 2.59. The second-order valence-electron chi connectivity index (χ2n) is 2.97. The summed E-state index contributed by atoms with van der Waals surface area (Å²) in [7, 11) is 0. The van der Waals surface area contributed by atoms with Crippen LogP contribution in [0, 0.1) is 0 Å². The average molecular weight is 283 g/mol. The summed E-state index contributed by atoms with van der Waals surface area (Å²) in [5.74, 6) is -1.47. The number of halogens is 1. The van der Waals surface area contributed by atoms with E-state index in [2.05, 4.69) is 20.7 Å². The largest absolute Gasteiger partial charge is 0.460 e. The van der Waals surface area contributed by atoms with E-state index in [4.69, 9.17) is 0 Å². The van der Waals surface area contributed by atoms with E-state index in [0.29, 0.717) is 0 Å². The van der Waals surface area contributed by atoms with Gasteiger partial charge in [-0.05, 0) is 30.7 Å². The quantitative estimate of drug-likeness (QED) is 0.484. The van der Waals surface area contributed by atoms with E-state index in [-0.39, 0.29) is 6.61 Å². The molecule has 1 rings (SSSR count). The Morgan fingerprint density at radius 1 is 1.31 bits per heavy atom.